The van der Waals surface area contributed by atoms with Crippen LogP contribution in [0.2, 0.25) is 0 Å². The van der Waals surface area contributed by atoms with E-state index in [0.29, 0.717) is 26.4 Å². The van der Waals surface area contributed by atoms with E-state index in [-0.39, 0.29) is 6.29 Å². The Hall–Kier alpha value is -1.10. The fourth-order valence-electron chi connectivity index (χ4n) is 1.58. The molecular formula is C12H17NO3. The highest BCUT2D eigenvalue weighted by atomic mass is 16.7. The third kappa shape index (κ3) is 2.95. The lowest BCUT2D eigenvalue weighted by Crippen LogP contribution is -2.06. The van der Waals surface area contributed by atoms with Gasteiger partial charge >= 0.3 is 0 Å². The van der Waals surface area contributed by atoms with E-state index in [1.807, 2.05) is 24.3 Å². The molecular weight excluding hydrogens is 206 g/mol. The Morgan fingerprint density at radius 1 is 1.31 bits per heavy atom. The predicted octanol–water partition coefficient (Wildman–Crippen LogP) is 1.46. The standard InChI is InChI=1S/C12H17NO3/c13-5-2-6-14-11-4-1-3-10(9-11)12-15-7-8-16-12/h1,3-4,9,12H,2,5-8,13H2. The fourth-order valence-corrected chi connectivity index (χ4v) is 1.58. The van der Waals surface area contributed by atoms with Crippen LogP contribution in [0.1, 0.15) is 18.3 Å². The summed E-state index contributed by atoms with van der Waals surface area (Å²) in [5.41, 5.74) is 6.40. The van der Waals surface area contributed by atoms with Gasteiger partial charge in [0, 0.05) is 5.56 Å². The van der Waals surface area contributed by atoms with Crippen molar-refractivity contribution >= 4 is 0 Å². The number of ether oxygens (including phenoxy) is 3. The van der Waals surface area contributed by atoms with E-state index in [2.05, 4.69) is 0 Å². The van der Waals surface area contributed by atoms with E-state index in [1.165, 1.54) is 0 Å². The van der Waals surface area contributed by atoms with Crippen molar-refractivity contribution in [2.24, 2.45) is 5.73 Å². The Balaban J connectivity index is 1.95. The van der Waals surface area contributed by atoms with Crippen molar-refractivity contribution in [2.45, 2.75) is 12.7 Å². The van der Waals surface area contributed by atoms with Gasteiger partial charge in [0.2, 0.25) is 0 Å². The molecule has 0 spiro atoms. The summed E-state index contributed by atoms with van der Waals surface area (Å²) in [5.74, 6) is 0.838. The lowest BCUT2D eigenvalue weighted by molar-refractivity contribution is -0.0442. The second kappa shape index (κ2) is 5.84. The smallest absolute Gasteiger partial charge is 0.184 e. The largest absolute Gasteiger partial charge is 0.494 e. The molecule has 4 heteroatoms. The van der Waals surface area contributed by atoms with E-state index >= 15 is 0 Å². The van der Waals surface area contributed by atoms with Gasteiger partial charge in [0.25, 0.3) is 0 Å². The zero-order valence-corrected chi connectivity index (χ0v) is 9.22. The Morgan fingerprint density at radius 3 is 2.88 bits per heavy atom. The van der Waals surface area contributed by atoms with E-state index in [4.69, 9.17) is 19.9 Å². The Kier molecular flexibility index (Phi) is 4.16. The third-order valence-corrected chi connectivity index (χ3v) is 2.37. The molecule has 0 amide bonds. The molecule has 16 heavy (non-hydrogen) atoms. The summed E-state index contributed by atoms with van der Waals surface area (Å²) < 4.78 is 16.4. The molecule has 0 saturated carbocycles. The predicted molar refractivity (Wildman–Crippen MR) is 60.3 cm³/mol. The maximum atomic E-state index is 5.56. The van der Waals surface area contributed by atoms with Crippen molar-refractivity contribution in [2.75, 3.05) is 26.4 Å². The van der Waals surface area contributed by atoms with Crippen LogP contribution in [0, 0.1) is 0 Å². The Labute approximate surface area is 95.3 Å². The monoisotopic (exact) mass is 223 g/mol. The van der Waals surface area contributed by atoms with Gasteiger partial charge in [-0.2, -0.15) is 0 Å². The van der Waals surface area contributed by atoms with Crippen LogP contribution >= 0.6 is 0 Å². The van der Waals surface area contributed by atoms with E-state index < -0.39 is 0 Å². The average molecular weight is 223 g/mol. The van der Waals surface area contributed by atoms with Crippen molar-refractivity contribution in [3.05, 3.63) is 29.8 Å². The first kappa shape index (κ1) is 11.4. The van der Waals surface area contributed by atoms with Crippen LogP contribution in [-0.2, 0) is 9.47 Å². The number of rotatable bonds is 5. The number of nitrogens with two attached hydrogens (primary N) is 1. The van der Waals surface area contributed by atoms with Crippen molar-refractivity contribution in [1.29, 1.82) is 0 Å². The molecule has 1 aliphatic heterocycles. The molecule has 1 aromatic carbocycles. The van der Waals surface area contributed by atoms with E-state index in [1.54, 1.807) is 0 Å². The zero-order valence-electron chi connectivity index (χ0n) is 9.22. The second-order valence-corrected chi connectivity index (χ2v) is 3.64. The van der Waals surface area contributed by atoms with Gasteiger partial charge in [0.05, 0.1) is 19.8 Å². The number of benzene rings is 1. The van der Waals surface area contributed by atoms with Crippen LogP contribution in [0.3, 0.4) is 0 Å². The maximum Gasteiger partial charge on any atom is 0.184 e. The molecule has 4 nitrogen and oxygen atoms in total. The summed E-state index contributed by atoms with van der Waals surface area (Å²) in [6.45, 7) is 2.60. The highest BCUT2D eigenvalue weighted by Gasteiger charge is 2.18. The Bertz CT molecular complexity index is 324. The normalized spacial score (nSPS) is 16.6. The average Bonchev–Trinajstić information content (AvgIpc) is 2.83. The Morgan fingerprint density at radius 2 is 2.12 bits per heavy atom. The summed E-state index contributed by atoms with van der Waals surface area (Å²) in [6.07, 6.45) is 0.624. The minimum atomic E-state index is -0.238. The second-order valence-electron chi connectivity index (χ2n) is 3.64. The van der Waals surface area contributed by atoms with Crippen LogP contribution in [-0.4, -0.2) is 26.4 Å². The van der Waals surface area contributed by atoms with Gasteiger partial charge in [-0.1, -0.05) is 12.1 Å². The van der Waals surface area contributed by atoms with Crippen LogP contribution in [0.15, 0.2) is 24.3 Å². The summed E-state index contributed by atoms with van der Waals surface area (Å²) in [7, 11) is 0. The maximum absolute atomic E-state index is 5.56. The topological polar surface area (TPSA) is 53.7 Å². The molecule has 0 aromatic heterocycles. The molecule has 1 fully saturated rings. The molecule has 88 valence electrons. The first-order valence-electron chi connectivity index (χ1n) is 5.56. The molecule has 0 bridgehead atoms. The van der Waals surface area contributed by atoms with Crippen LogP contribution < -0.4 is 10.5 Å². The van der Waals surface area contributed by atoms with Gasteiger partial charge in [-0.05, 0) is 25.1 Å². The lowest BCUT2D eigenvalue weighted by Gasteiger charge is -2.11. The van der Waals surface area contributed by atoms with E-state index in [0.717, 1.165) is 17.7 Å². The van der Waals surface area contributed by atoms with Gasteiger partial charge in [0.1, 0.15) is 5.75 Å². The molecule has 2 N–H and O–H groups in total. The summed E-state index contributed by atoms with van der Waals surface area (Å²) in [5, 5.41) is 0. The number of hydrogen-bond donors (Lipinski definition) is 1. The van der Waals surface area contributed by atoms with Gasteiger partial charge in [0.15, 0.2) is 6.29 Å². The lowest BCUT2D eigenvalue weighted by atomic mass is 10.2. The third-order valence-electron chi connectivity index (χ3n) is 2.37. The van der Waals surface area contributed by atoms with Crippen LogP contribution in [0.4, 0.5) is 0 Å². The molecule has 1 aliphatic rings. The zero-order chi connectivity index (χ0) is 11.2. The van der Waals surface area contributed by atoms with E-state index in [9.17, 15) is 0 Å². The highest BCUT2D eigenvalue weighted by Crippen LogP contribution is 2.26. The molecule has 1 aromatic rings. The van der Waals surface area contributed by atoms with Crippen LogP contribution in [0.25, 0.3) is 0 Å². The van der Waals surface area contributed by atoms with Crippen LogP contribution in [0.5, 0.6) is 5.75 Å². The van der Waals surface area contributed by atoms with Crippen molar-refractivity contribution < 1.29 is 14.2 Å². The summed E-state index contributed by atoms with van der Waals surface area (Å²) in [6, 6.07) is 7.80. The van der Waals surface area contributed by atoms with Gasteiger partial charge in [-0.15, -0.1) is 0 Å². The molecule has 0 aliphatic carbocycles. The van der Waals surface area contributed by atoms with Crippen molar-refractivity contribution in [3.8, 4) is 5.75 Å². The summed E-state index contributed by atoms with van der Waals surface area (Å²) >= 11 is 0. The highest BCUT2D eigenvalue weighted by molar-refractivity contribution is 5.29. The molecule has 1 saturated heterocycles. The fraction of sp³-hybridized carbons (Fsp3) is 0.500. The van der Waals surface area contributed by atoms with Gasteiger partial charge in [-0.25, -0.2) is 0 Å². The SMILES string of the molecule is NCCCOc1cccc(C2OCCO2)c1. The van der Waals surface area contributed by atoms with Crippen molar-refractivity contribution in [3.63, 3.8) is 0 Å². The molecule has 0 atom stereocenters. The first-order valence-corrected chi connectivity index (χ1v) is 5.56. The van der Waals surface area contributed by atoms with Crippen molar-refractivity contribution in [1.82, 2.24) is 0 Å². The molecule has 1 heterocycles. The van der Waals surface area contributed by atoms with Gasteiger partial charge in [-0.3, -0.25) is 0 Å². The summed E-state index contributed by atoms with van der Waals surface area (Å²) in [4.78, 5) is 0. The molecule has 2 rings (SSSR count). The molecule has 0 radical (unpaired) electrons. The number of hydrogen-bond acceptors (Lipinski definition) is 4. The molecule has 0 unspecified atom stereocenters. The minimum absolute atomic E-state index is 0.238. The quantitative estimate of drug-likeness (QED) is 0.768. The minimum Gasteiger partial charge on any atom is -0.494 e. The first-order chi connectivity index (χ1) is 7.90. The van der Waals surface area contributed by atoms with Gasteiger partial charge < -0.3 is 19.9 Å².